The molecule has 214 valence electrons. The summed E-state index contributed by atoms with van der Waals surface area (Å²) >= 11 is 6.34. The van der Waals surface area contributed by atoms with E-state index in [9.17, 15) is 9.18 Å². The maximum atomic E-state index is 14.6. The third kappa shape index (κ3) is 5.24. The fourth-order valence-corrected chi connectivity index (χ4v) is 5.67. The maximum absolute atomic E-state index is 14.6. The topological polar surface area (TPSA) is 113 Å². The predicted octanol–water partition coefficient (Wildman–Crippen LogP) is 4.04. The molecule has 1 aromatic carbocycles. The van der Waals surface area contributed by atoms with Gasteiger partial charge in [0, 0.05) is 57.4 Å². The van der Waals surface area contributed by atoms with E-state index in [4.69, 9.17) is 31.0 Å². The first-order chi connectivity index (χ1) is 19.8. The molecule has 2 aliphatic heterocycles. The highest BCUT2D eigenvalue weighted by Crippen LogP contribution is 2.40. The molecule has 2 aliphatic rings. The van der Waals surface area contributed by atoms with Crippen molar-refractivity contribution in [2.75, 3.05) is 51.2 Å². The Morgan fingerprint density at radius 2 is 2.02 bits per heavy atom. The number of aromatic nitrogens is 5. The maximum Gasteiger partial charge on any atom is 0.319 e. The predicted molar refractivity (Wildman–Crippen MR) is 153 cm³/mol. The highest BCUT2D eigenvalue weighted by molar-refractivity contribution is 6.33. The number of anilines is 1. The van der Waals surface area contributed by atoms with Crippen molar-refractivity contribution >= 4 is 45.1 Å². The Kier molecular flexibility index (Phi) is 7.35. The standard InChI is InChI=1S/C28H30ClFN8O3/c1-4-22(39)37-9-11-38(12-10-37)26-17-5-7-31-27(41-25-18-14-32-35-20(18)13-19(30)23(25)29)24(17)33-28(34-26)40-21-6-8-36(3)15-16(21)2/h4-5,7,13-14,16,21H,1,6,8-12,15H2,2-3H3,(H,32,35)/t16-,21-/m1/s1. The van der Waals surface area contributed by atoms with Crippen LogP contribution in [0.5, 0.6) is 17.6 Å². The van der Waals surface area contributed by atoms with Crippen LogP contribution in [0.25, 0.3) is 21.8 Å². The van der Waals surface area contributed by atoms with Gasteiger partial charge >= 0.3 is 6.01 Å². The zero-order valence-corrected chi connectivity index (χ0v) is 23.6. The van der Waals surface area contributed by atoms with Crippen molar-refractivity contribution in [1.29, 1.82) is 0 Å². The minimum absolute atomic E-state index is 0.0668. The first-order valence-corrected chi connectivity index (χ1v) is 13.9. The van der Waals surface area contributed by atoms with Gasteiger partial charge in [-0.2, -0.15) is 15.1 Å². The number of hydrogen-bond acceptors (Lipinski definition) is 9. The van der Waals surface area contributed by atoms with Gasteiger partial charge in [0.15, 0.2) is 5.75 Å². The summed E-state index contributed by atoms with van der Waals surface area (Å²) in [6.45, 7) is 9.70. The minimum atomic E-state index is -0.652. The molecule has 3 aromatic heterocycles. The molecule has 0 saturated carbocycles. The number of rotatable bonds is 6. The lowest BCUT2D eigenvalue weighted by molar-refractivity contribution is -0.126. The van der Waals surface area contributed by atoms with E-state index >= 15 is 0 Å². The van der Waals surface area contributed by atoms with Gasteiger partial charge < -0.3 is 24.2 Å². The summed E-state index contributed by atoms with van der Waals surface area (Å²) in [5.74, 6) is 0.370. The lowest BCUT2D eigenvalue weighted by Crippen LogP contribution is -2.48. The summed E-state index contributed by atoms with van der Waals surface area (Å²) in [5, 5.41) is 7.74. The Morgan fingerprint density at radius 3 is 2.78 bits per heavy atom. The smallest absolute Gasteiger partial charge is 0.319 e. The number of piperidine rings is 1. The van der Waals surface area contributed by atoms with Crippen molar-refractivity contribution < 1.29 is 18.7 Å². The van der Waals surface area contributed by atoms with Gasteiger partial charge in [-0.3, -0.25) is 9.89 Å². The van der Waals surface area contributed by atoms with E-state index in [1.807, 2.05) is 0 Å². The number of H-pyrrole nitrogens is 1. The number of piperazine rings is 1. The van der Waals surface area contributed by atoms with E-state index in [0.29, 0.717) is 53.8 Å². The van der Waals surface area contributed by atoms with Crippen molar-refractivity contribution in [3.05, 3.63) is 48.0 Å². The Hall–Kier alpha value is -4.03. The number of halogens is 2. The van der Waals surface area contributed by atoms with Crippen molar-refractivity contribution in [2.45, 2.75) is 19.4 Å². The van der Waals surface area contributed by atoms with Gasteiger partial charge in [-0.15, -0.1) is 0 Å². The van der Waals surface area contributed by atoms with Crippen molar-refractivity contribution in [1.82, 2.24) is 34.9 Å². The number of likely N-dealkylation sites (tertiary alicyclic amines) is 1. The quantitative estimate of drug-likeness (QED) is 0.338. The molecule has 2 saturated heterocycles. The van der Waals surface area contributed by atoms with E-state index < -0.39 is 5.82 Å². The number of carbonyl (C=O) groups is 1. The van der Waals surface area contributed by atoms with Crippen LogP contribution in [0.2, 0.25) is 5.02 Å². The molecule has 5 heterocycles. The van der Waals surface area contributed by atoms with Crippen LogP contribution in [0.1, 0.15) is 13.3 Å². The number of fused-ring (bicyclic) bond motifs is 2. The van der Waals surface area contributed by atoms with E-state index in [2.05, 4.69) is 45.5 Å². The summed E-state index contributed by atoms with van der Waals surface area (Å²) in [6, 6.07) is 3.27. The average molecular weight is 581 g/mol. The Balaban J connectivity index is 1.42. The first kappa shape index (κ1) is 27.2. The van der Waals surface area contributed by atoms with Gasteiger partial charge in [0.1, 0.15) is 28.3 Å². The molecule has 0 unspecified atom stereocenters. The van der Waals surface area contributed by atoms with Crippen LogP contribution in [0.3, 0.4) is 0 Å². The molecule has 11 nitrogen and oxygen atoms in total. The number of amides is 1. The van der Waals surface area contributed by atoms with Gasteiger partial charge in [-0.25, -0.2) is 9.37 Å². The van der Waals surface area contributed by atoms with Crippen LogP contribution in [0.15, 0.2) is 37.2 Å². The first-order valence-electron chi connectivity index (χ1n) is 13.5. The van der Waals surface area contributed by atoms with Gasteiger partial charge in [-0.05, 0) is 25.6 Å². The lowest BCUT2D eigenvalue weighted by atomic mass is 9.97. The molecule has 6 rings (SSSR count). The molecular weight excluding hydrogens is 551 g/mol. The third-order valence-corrected chi connectivity index (χ3v) is 8.04. The molecule has 0 spiro atoms. The molecular formula is C28H30ClFN8O3. The number of nitrogens with one attached hydrogen (secondary N) is 1. The monoisotopic (exact) mass is 580 g/mol. The Morgan fingerprint density at radius 1 is 1.22 bits per heavy atom. The second-order valence-corrected chi connectivity index (χ2v) is 10.9. The summed E-state index contributed by atoms with van der Waals surface area (Å²) in [7, 11) is 2.10. The Bertz CT molecular complexity index is 1620. The fourth-order valence-electron chi connectivity index (χ4n) is 5.47. The average Bonchev–Trinajstić information content (AvgIpc) is 3.44. The molecule has 1 amide bonds. The summed E-state index contributed by atoms with van der Waals surface area (Å²) < 4.78 is 27.2. The molecule has 2 atom stereocenters. The van der Waals surface area contributed by atoms with Crippen LogP contribution in [0.4, 0.5) is 10.2 Å². The van der Waals surface area contributed by atoms with E-state index in [-0.39, 0.29) is 40.6 Å². The summed E-state index contributed by atoms with van der Waals surface area (Å²) in [4.78, 5) is 32.3. The van der Waals surface area contributed by atoms with Crippen LogP contribution in [-0.4, -0.2) is 93.3 Å². The molecule has 0 radical (unpaired) electrons. The second kappa shape index (κ2) is 11.1. The number of aromatic amines is 1. The number of ether oxygens (including phenoxy) is 2. The number of pyridine rings is 1. The van der Waals surface area contributed by atoms with E-state index in [0.717, 1.165) is 19.5 Å². The molecule has 0 bridgehead atoms. The third-order valence-electron chi connectivity index (χ3n) is 7.68. The van der Waals surface area contributed by atoms with Crippen molar-refractivity contribution in [3.63, 3.8) is 0 Å². The molecule has 4 aromatic rings. The molecule has 13 heteroatoms. The normalized spacial score (nSPS) is 20.0. The summed E-state index contributed by atoms with van der Waals surface area (Å²) in [5.41, 5.74) is 0.833. The van der Waals surface area contributed by atoms with Crippen LogP contribution < -0.4 is 14.4 Å². The van der Waals surface area contributed by atoms with Crippen molar-refractivity contribution in [2.24, 2.45) is 5.92 Å². The SMILES string of the molecule is C=CC(=O)N1CCN(c2nc(O[C@@H]3CCN(C)C[C@H]3C)nc3c(Oc4c(Cl)c(F)cc5[nH]ncc45)nccc23)CC1. The number of nitrogens with zero attached hydrogens (tertiary/aromatic N) is 7. The van der Waals surface area contributed by atoms with Crippen LogP contribution in [-0.2, 0) is 4.79 Å². The largest absolute Gasteiger partial charge is 0.460 e. The zero-order valence-electron chi connectivity index (χ0n) is 22.8. The van der Waals surface area contributed by atoms with Crippen LogP contribution >= 0.6 is 11.6 Å². The molecule has 0 aliphatic carbocycles. The zero-order chi connectivity index (χ0) is 28.7. The fraction of sp³-hybridized carbons (Fsp3) is 0.393. The lowest BCUT2D eigenvalue weighted by Gasteiger charge is -2.36. The highest BCUT2D eigenvalue weighted by Gasteiger charge is 2.29. The molecule has 41 heavy (non-hydrogen) atoms. The number of benzene rings is 1. The van der Waals surface area contributed by atoms with E-state index in [1.54, 1.807) is 17.2 Å². The second-order valence-electron chi connectivity index (χ2n) is 10.5. The van der Waals surface area contributed by atoms with Gasteiger partial charge in [0.05, 0.1) is 22.5 Å². The van der Waals surface area contributed by atoms with Gasteiger partial charge in [0.25, 0.3) is 0 Å². The molecule has 2 fully saturated rings. The minimum Gasteiger partial charge on any atom is -0.460 e. The van der Waals surface area contributed by atoms with E-state index in [1.165, 1.54) is 18.3 Å². The van der Waals surface area contributed by atoms with Gasteiger partial charge in [-0.1, -0.05) is 25.1 Å². The Labute approximate surface area is 240 Å². The number of carbonyl (C=O) groups excluding carboxylic acids is 1. The summed E-state index contributed by atoms with van der Waals surface area (Å²) in [6.07, 6.45) is 5.20. The van der Waals surface area contributed by atoms with Crippen molar-refractivity contribution in [3.8, 4) is 17.6 Å². The van der Waals surface area contributed by atoms with Crippen LogP contribution in [0, 0.1) is 11.7 Å². The highest BCUT2D eigenvalue weighted by atomic mass is 35.5. The molecule has 1 N–H and O–H groups in total. The van der Waals surface area contributed by atoms with Gasteiger partial charge in [0.2, 0.25) is 11.8 Å². The number of hydrogen-bond donors (Lipinski definition) is 1.